The minimum Gasteiger partial charge on any atom is -0.497 e. The number of carbonyl (C=O) groups is 3. The zero-order chi connectivity index (χ0) is 24.2. The van der Waals surface area contributed by atoms with E-state index in [9.17, 15) is 19.5 Å². The normalized spacial score (nSPS) is 10.9. The van der Waals surface area contributed by atoms with Crippen LogP contribution in [0.25, 0.3) is 6.08 Å². The van der Waals surface area contributed by atoms with Gasteiger partial charge in [0.05, 0.1) is 19.3 Å². The Kier molecular flexibility index (Phi) is 9.89. The molecule has 0 spiro atoms. The first-order valence-corrected chi connectivity index (χ1v) is 10.5. The number of benzene rings is 2. The fourth-order valence-electron chi connectivity index (χ4n) is 2.85. The van der Waals surface area contributed by atoms with Crippen LogP contribution >= 0.6 is 0 Å². The topological polar surface area (TPSA) is 99.1 Å². The van der Waals surface area contributed by atoms with Gasteiger partial charge in [-0.05, 0) is 80.6 Å². The van der Waals surface area contributed by atoms with Crippen molar-refractivity contribution in [3.63, 3.8) is 0 Å². The maximum absolute atomic E-state index is 12.2. The summed E-state index contributed by atoms with van der Waals surface area (Å²) in [7, 11) is 1.55. The van der Waals surface area contributed by atoms with Gasteiger partial charge in [0.15, 0.2) is 0 Å². The fourth-order valence-corrected chi connectivity index (χ4v) is 2.85. The molecule has 0 aliphatic rings. The van der Waals surface area contributed by atoms with E-state index >= 15 is 0 Å². The lowest BCUT2D eigenvalue weighted by atomic mass is 10.0. The maximum Gasteiger partial charge on any atom is 0.343 e. The highest BCUT2D eigenvalue weighted by Gasteiger charge is 2.10. The molecule has 0 aliphatic heterocycles. The molecule has 0 saturated heterocycles. The molecule has 7 heteroatoms. The van der Waals surface area contributed by atoms with Gasteiger partial charge in [-0.1, -0.05) is 18.7 Å². The third-order valence-electron chi connectivity index (χ3n) is 4.70. The molecule has 2 aromatic carbocycles. The lowest BCUT2D eigenvalue weighted by Gasteiger charge is -2.07. The molecule has 0 aliphatic carbocycles. The van der Waals surface area contributed by atoms with Gasteiger partial charge in [0, 0.05) is 11.1 Å². The molecule has 0 unspecified atom stereocenters. The molecule has 0 radical (unpaired) electrons. The third-order valence-corrected chi connectivity index (χ3v) is 4.70. The van der Waals surface area contributed by atoms with Gasteiger partial charge in [0.1, 0.15) is 11.5 Å². The van der Waals surface area contributed by atoms with Gasteiger partial charge in [0.25, 0.3) is 0 Å². The van der Waals surface area contributed by atoms with Crippen molar-refractivity contribution in [2.45, 2.75) is 32.6 Å². The molecule has 0 aromatic heterocycles. The first kappa shape index (κ1) is 25.4. The van der Waals surface area contributed by atoms with Crippen LogP contribution in [0.15, 0.2) is 66.3 Å². The Morgan fingerprint density at radius 2 is 1.58 bits per heavy atom. The summed E-state index contributed by atoms with van der Waals surface area (Å²) in [6.07, 6.45) is 4.02. The second-order valence-corrected chi connectivity index (χ2v) is 7.39. The first-order chi connectivity index (χ1) is 15.8. The largest absolute Gasteiger partial charge is 0.497 e. The highest BCUT2D eigenvalue weighted by Crippen LogP contribution is 2.19. The van der Waals surface area contributed by atoms with Crippen LogP contribution in [0.1, 0.15) is 48.5 Å². The molecule has 0 atom stereocenters. The number of carbonyl (C=O) groups excluding carboxylic acids is 2. The van der Waals surface area contributed by atoms with Gasteiger partial charge < -0.3 is 19.3 Å². The van der Waals surface area contributed by atoms with Gasteiger partial charge in [0.2, 0.25) is 0 Å². The summed E-state index contributed by atoms with van der Waals surface area (Å²) in [5, 5.41) is 9.48. The van der Waals surface area contributed by atoms with Crippen molar-refractivity contribution < 1.29 is 33.7 Å². The molecule has 7 nitrogen and oxygen atoms in total. The van der Waals surface area contributed by atoms with Crippen molar-refractivity contribution in [3.05, 3.63) is 77.4 Å². The SMILES string of the molecule is C=C(C)C(=O)OCCCCCC(=Cc1ccc(OC(=O)c2ccc(OC)cc2)cc1)C(=O)O. The predicted molar refractivity (Wildman–Crippen MR) is 124 cm³/mol. The Labute approximate surface area is 193 Å². The summed E-state index contributed by atoms with van der Waals surface area (Å²) in [6, 6.07) is 13.2. The van der Waals surface area contributed by atoms with Gasteiger partial charge in [-0.2, -0.15) is 0 Å². The standard InChI is InChI=1S/C26H28O7/c1-18(2)25(29)32-16-6-4-5-7-21(24(27)28)17-19-8-12-23(13-9-19)33-26(30)20-10-14-22(31-3)15-11-20/h8-15,17H,1,4-7,16H2,2-3H3,(H,27,28). The van der Waals surface area contributed by atoms with Crippen LogP contribution in [-0.4, -0.2) is 36.7 Å². The van der Waals surface area contributed by atoms with E-state index in [-0.39, 0.29) is 12.2 Å². The van der Waals surface area contributed by atoms with Crippen LogP contribution in [0.3, 0.4) is 0 Å². The Hall–Kier alpha value is -3.87. The van der Waals surface area contributed by atoms with Crippen molar-refractivity contribution >= 4 is 24.0 Å². The number of unbranched alkanes of at least 4 members (excludes halogenated alkanes) is 2. The number of esters is 2. The van der Waals surface area contributed by atoms with E-state index < -0.39 is 17.9 Å². The van der Waals surface area contributed by atoms with Gasteiger partial charge >= 0.3 is 17.9 Å². The molecule has 1 N–H and O–H groups in total. The van der Waals surface area contributed by atoms with Crippen LogP contribution in [-0.2, 0) is 14.3 Å². The average molecular weight is 453 g/mol. The molecular weight excluding hydrogens is 424 g/mol. The summed E-state index contributed by atoms with van der Waals surface area (Å²) < 4.78 is 15.4. The highest BCUT2D eigenvalue weighted by atomic mass is 16.5. The summed E-state index contributed by atoms with van der Waals surface area (Å²) in [6.45, 7) is 5.39. The molecule has 0 fully saturated rings. The van der Waals surface area contributed by atoms with Crippen LogP contribution in [0.5, 0.6) is 11.5 Å². The summed E-state index contributed by atoms with van der Waals surface area (Å²) in [5.41, 5.74) is 1.71. The van der Waals surface area contributed by atoms with Crippen molar-refractivity contribution in [2.24, 2.45) is 0 Å². The monoisotopic (exact) mass is 452 g/mol. The summed E-state index contributed by atoms with van der Waals surface area (Å²) >= 11 is 0. The zero-order valence-corrected chi connectivity index (χ0v) is 18.8. The lowest BCUT2D eigenvalue weighted by molar-refractivity contribution is -0.139. The smallest absolute Gasteiger partial charge is 0.343 e. The van der Waals surface area contributed by atoms with Crippen LogP contribution in [0.2, 0.25) is 0 Å². The molecule has 33 heavy (non-hydrogen) atoms. The summed E-state index contributed by atoms with van der Waals surface area (Å²) in [4.78, 5) is 35.1. The Morgan fingerprint density at radius 3 is 2.15 bits per heavy atom. The molecule has 0 heterocycles. The third kappa shape index (κ3) is 8.65. The number of carboxylic acid groups (broad SMARTS) is 1. The second kappa shape index (κ2) is 12.9. The van der Waals surface area contributed by atoms with E-state index in [0.717, 1.165) is 6.42 Å². The Morgan fingerprint density at radius 1 is 0.939 bits per heavy atom. The van der Waals surface area contributed by atoms with Crippen molar-refractivity contribution in [1.82, 2.24) is 0 Å². The Balaban J connectivity index is 1.87. The number of hydrogen-bond acceptors (Lipinski definition) is 6. The maximum atomic E-state index is 12.2. The highest BCUT2D eigenvalue weighted by molar-refractivity contribution is 5.92. The molecular formula is C26H28O7. The van der Waals surface area contributed by atoms with Crippen molar-refractivity contribution in [1.29, 1.82) is 0 Å². The summed E-state index contributed by atoms with van der Waals surface area (Å²) in [5.74, 6) is -0.906. The number of aliphatic carboxylic acids is 1. The fraction of sp³-hybridized carbons (Fsp3) is 0.269. The Bertz CT molecular complexity index is 1000. The van der Waals surface area contributed by atoms with E-state index in [2.05, 4.69) is 6.58 Å². The molecule has 0 saturated carbocycles. The zero-order valence-electron chi connectivity index (χ0n) is 18.8. The number of rotatable bonds is 12. The average Bonchev–Trinajstić information content (AvgIpc) is 2.81. The van der Waals surface area contributed by atoms with E-state index in [1.54, 1.807) is 68.6 Å². The second-order valence-electron chi connectivity index (χ2n) is 7.39. The predicted octanol–water partition coefficient (Wildman–Crippen LogP) is 5.06. The van der Waals surface area contributed by atoms with Crippen molar-refractivity contribution in [3.8, 4) is 11.5 Å². The van der Waals surface area contributed by atoms with Crippen LogP contribution in [0.4, 0.5) is 0 Å². The number of carboxylic acids is 1. The molecule has 174 valence electrons. The van der Waals surface area contributed by atoms with Gasteiger partial charge in [-0.3, -0.25) is 0 Å². The van der Waals surface area contributed by atoms with E-state index in [1.807, 2.05) is 0 Å². The quantitative estimate of drug-likeness (QED) is 0.208. The number of hydrogen-bond donors (Lipinski definition) is 1. The van der Waals surface area contributed by atoms with Crippen LogP contribution < -0.4 is 9.47 Å². The van der Waals surface area contributed by atoms with Crippen molar-refractivity contribution in [2.75, 3.05) is 13.7 Å². The molecule has 0 amide bonds. The van der Waals surface area contributed by atoms with Gasteiger partial charge in [-0.25, -0.2) is 14.4 Å². The number of ether oxygens (including phenoxy) is 3. The molecule has 2 aromatic rings. The first-order valence-electron chi connectivity index (χ1n) is 10.5. The number of methoxy groups -OCH3 is 1. The molecule has 2 rings (SSSR count). The van der Waals surface area contributed by atoms with E-state index in [1.165, 1.54) is 0 Å². The molecule has 0 bridgehead atoms. The minimum absolute atomic E-state index is 0.275. The van der Waals surface area contributed by atoms with Gasteiger partial charge in [-0.15, -0.1) is 0 Å². The lowest BCUT2D eigenvalue weighted by Crippen LogP contribution is -2.08. The van der Waals surface area contributed by atoms with Crippen LogP contribution in [0, 0.1) is 0 Å². The van der Waals surface area contributed by atoms with E-state index in [4.69, 9.17) is 14.2 Å². The van der Waals surface area contributed by atoms with E-state index in [0.29, 0.717) is 47.5 Å². The minimum atomic E-state index is -0.987.